The largest absolute Gasteiger partial charge is 0.349 e. The quantitative estimate of drug-likeness (QED) is 0.719. The second-order valence-corrected chi connectivity index (χ2v) is 7.44. The van der Waals surface area contributed by atoms with Crippen molar-refractivity contribution >= 4 is 11.8 Å². The van der Waals surface area contributed by atoms with E-state index >= 15 is 0 Å². The van der Waals surface area contributed by atoms with E-state index in [4.69, 9.17) is 5.73 Å². The topological polar surface area (TPSA) is 75.4 Å². The molecule has 1 rings (SSSR count). The highest BCUT2D eigenvalue weighted by Gasteiger charge is 2.38. The molecule has 1 heterocycles. The summed E-state index contributed by atoms with van der Waals surface area (Å²) in [5, 5.41) is 3.09. The first-order chi connectivity index (χ1) is 10.2. The number of carbonyl (C=O) groups excluding carboxylic acids is 2. The maximum atomic E-state index is 12.5. The molecule has 0 radical (unpaired) electrons. The Hall–Kier alpha value is -1.10. The molecule has 2 amide bonds. The Morgan fingerprint density at radius 3 is 2.59 bits per heavy atom. The number of hydrogen-bond donors (Lipinski definition) is 2. The molecule has 1 fully saturated rings. The zero-order valence-corrected chi connectivity index (χ0v) is 14.8. The van der Waals surface area contributed by atoms with Gasteiger partial charge in [0.15, 0.2) is 0 Å². The highest BCUT2D eigenvalue weighted by molar-refractivity contribution is 5.89. The van der Waals surface area contributed by atoms with Crippen LogP contribution in [-0.2, 0) is 9.59 Å². The molecule has 0 aliphatic carbocycles. The van der Waals surface area contributed by atoms with Gasteiger partial charge in [-0.1, -0.05) is 27.2 Å². The number of hydrogen-bond acceptors (Lipinski definition) is 3. The Morgan fingerprint density at radius 2 is 2.09 bits per heavy atom. The van der Waals surface area contributed by atoms with E-state index in [2.05, 4.69) is 33.0 Å². The highest BCUT2D eigenvalue weighted by atomic mass is 16.2. The summed E-state index contributed by atoms with van der Waals surface area (Å²) in [7, 11) is 0. The van der Waals surface area contributed by atoms with Gasteiger partial charge in [0.1, 0.15) is 0 Å². The standard InChI is InChI=1S/C17H33N3O2/c1-6-7-13(4)20-10-14(8-15(20)21)16(22)19-17(5,11-18)9-12(2)3/h12-14H,6-11,18H2,1-5H3,(H,19,22). The van der Waals surface area contributed by atoms with Gasteiger partial charge in [-0.2, -0.15) is 0 Å². The Bertz CT molecular complexity index is 397. The third-order valence-electron chi connectivity index (χ3n) is 4.50. The maximum absolute atomic E-state index is 12.5. The second-order valence-electron chi connectivity index (χ2n) is 7.44. The second kappa shape index (κ2) is 7.95. The average molecular weight is 311 g/mol. The van der Waals surface area contributed by atoms with Gasteiger partial charge in [-0.15, -0.1) is 0 Å². The lowest BCUT2D eigenvalue weighted by atomic mass is 9.90. The summed E-state index contributed by atoms with van der Waals surface area (Å²) in [4.78, 5) is 26.5. The molecule has 128 valence electrons. The van der Waals surface area contributed by atoms with Gasteiger partial charge in [0.2, 0.25) is 11.8 Å². The first-order valence-electron chi connectivity index (χ1n) is 8.54. The van der Waals surface area contributed by atoms with Crippen molar-refractivity contribution in [2.24, 2.45) is 17.6 Å². The van der Waals surface area contributed by atoms with Crippen molar-refractivity contribution in [1.82, 2.24) is 10.2 Å². The normalized spacial score (nSPS) is 22.8. The van der Waals surface area contributed by atoms with Crippen molar-refractivity contribution in [2.45, 2.75) is 71.9 Å². The SMILES string of the molecule is CCCC(C)N1CC(C(=O)NC(C)(CN)CC(C)C)CC1=O. The lowest BCUT2D eigenvalue weighted by Gasteiger charge is -2.32. The Morgan fingerprint density at radius 1 is 1.45 bits per heavy atom. The van der Waals surface area contributed by atoms with Gasteiger partial charge >= 0.3 is 0 Å². The molecule has 0 aromatic heterocycles. The predicted molar refractivity (Wildman–Crippen MR) is 89.2 cm³/mol. The van der Waals surface area contributed by atoms with Gasteiger partial charge < -0.3 is 16.0 Å². The number of nitrogens with one attached hydrogen (secondary N) is 1. The molecular weight excluding hydrogens is 278 g/mol. The fourth-order valence-corrected chi connectivity index (χ4v) is 3.39. The van der Waals surface area contributed by atoms with Crippen LogP contribution in [0.15, 0.2) is 0 Å². The number of amides is 2. The first kappa shape index (κ1) is 18.9. The third-order valence-corrected chi connectivity index (χ3v) is 4.50. The minimum atomic E-state index is -0.392. The van der Waals surface area contributed by atoms with Crippen molar-refractivity contribution < 1.29 is 9.59 Å². The molecule has 0 saturated carbocycles. The Kier molecular flexibility index (Phi) is 6.85. The van der Waals surface area contributed by atoms with E-state index in [9.17, 15) is 9.59 Å². The van der Waals surface area contributed by atoms with E-state index < -0.39 is 5.54 Å². The van der Waals surface area contributed by atoms with E-state index in [-0.39, 0.29) is 23.8 Å². The molecule has 3 unspecified atom stereocenters. The number of nitrogens with two attached hydrogens (primary N) is 1. The Balaban J connectivity index is 2.65. The molecule has 0 spiro atoms. The van der Waals surface area contributed by atoms with E-state index in [1.54, 1.807) is 0 Å². The van der Waals surface area contributed by atoms with Gasteiger partial charge in [-0.05, 0) is 32.6 Å². The summed E-state index contributed by atoms with van der Waals surface area (Å²) < 4.78 is 0. The van der Waals surface area contributed by atoms with Gasteiger partial charge in [0.25, 0.3) is 0 Å². The predicted octanol–water partition coefficient (Wildman–Crippen LogP) is 1.90. The molecule has 0 aromatic carbocycles. The van der Waals surface area contributed by atoms with Crippen LogP contribution in [0, 0.1) is 11.8 Å². The molecule has 0 aromatic rings. The summed E-state index contributed by atoms with van der Waals surface area (Å²) >= 11 is 0. The number of carbonyl (C=O) groups is 2. The van der Waals surface area contributed by atoms with E-state index in [1.807, 2.05) is 11.8 Å². The van der Waals surface area contributed by atoms with Gasteiger partial charge in [0, 0.05) is 31.1 Å². The fraction of sp³-hybridized carbons (Fsp3) is 0.882. The van der Waals surface area contributed by atoms with E-state index in [1.165, 1.54) is 0 Å². The van der Waals surface area contributed by atoms with E-state index in [0.717, 1.165) is 19.3 Å². The average Bonchev–Trinajstić information content (AvgIpc) is 2.80. The molecule has 5 heteroatoms. The molecule has 22 heavy (non-hydrogen) atoms. The monoisotopic (exact) mass is 311 g/mol. The van der Waals surface area contributed by atoms with Gasteiger partial charge in [-0.25, -0.2) is 0 Å². The molecule has 1 saturated heterocycles. The Labute approximate surface area is 135 Å². The number of likely N-dealkylation sites (tertiary alicyclic amines) is 1. The van der Waals surface area contributed by atoms with Crippen molar-refractivity contribution in [3.63, 3.8) is 0 Å². The van der Waals surface area contributed by atoms with Crippen molar-refractivity contribution in [1.29, 1.82) is 0 Å². The van der Waals surface area contributed by atoms with Crippen molar-refractivity contribution in [3.05, 3.63) is 0 Å². The van der Waals surface area contributed by atoms with Crippen molar-refractivity contribution in [2.75, 3.05) is 13.1 Å². The van der Waals surface area contributed by atoms with E-state index in [0.29, 0.717) is 25.4 Å². The minimum absolute atomic E-state index is 0.0341. The molecule has 3 atom stereocenters. The van der Waals surface area contributed by atoms with Crippen LogP contribution in [0.1, 0.15) is 60.3 Å². The summed E-state index contributed by atoms with van der Waals surface area (Å²) in [6, 6.07) is 0.215. The maximum Gasteiger partial charge on any atom is 0.225 e. The highest BCUT2D eigenvalue weighted by Crippen LogP contribution is 2.24. The van der Waals surface area contributed by atoms with Crippen LogP contribution in [0.25, 0.3) is 0 Å². The summed E-state index contributed by atoms with van der Waals surface area (Å²) in [6.07, 6.45) is 3.18. The molecule has 3 N–H and O–H groups in total. The smallest absolute Gasteiger partial charge is 0.225 e. The molecule has 1 aliphatic rings. The zero-order chi connectivity index (χ0) is 16.9. The lowest BCUT2D eigenvalue weighted by Crippen LogP contribution is -2.54. The summed E-state index contributed by atoms with van der Waals surface area (Å²) in [6.45, 7) is 11.3. The van der Waals surface area contributed by atoms with Gasteiger partial charge in [-0.3, -0.25) is 9.59 Å². The third kappa shape index (κ3) is 4.97. The molecular formula is C17H33N3O2. The number of rotatable bonds is 8. The van der Waals surface area contributed by atoms with Crippen LogP contribution in [0.5, 0.6) is 0 Å². The zero-order valence-electron chi connectivity index (χ0n) is 14.8. The van der Waals surface area contributed by atoms with Crippen LogP contribution < -0.4 is 11.1 Å². The molecule has 0 bridgehead atoms. The van der Waals surface area contributed by atoms with Crippen LogP contribution in [-0.4, -0.2) is 41.4 Å². The number of nitrogens with zero attached hydrogens (tertiary/aromatic N) is 1. The van der Waals surface area contributed by atoms with Crippen molar-refractivity contribution in [3.8, 4) is 0 Å². The van der Waals surface area contributed by atoms with Crippen LogP contribution in [0.4, 0.5) is 0 Å². The fourth-order valence-electron chi connectivity index (χ4n) is 3.39. The van der Waals surface area contributed by atoms with Gasteiger partial charge in [0.05, 0.1) is 5.92 Å². The van der Waals surface area contributed by atoms with Crippen LogP contribution in [0.2, 0.25) is 0 Å². The van der Waals surface area contributed by atoms with Crippen LogP contribution >= 0.6 is 0 Å². The molecule has 5 nitrogen and oxygen atoms in total. The summed E-state index contributed by atoms with van der Waals surface area (Å²) in [5.41, 5.74) is 5.46. The van der Waals surface area contributed by atoms with Crippen LogP contribution in [0.3, 0.4) is 0 Å². The lowest BCUT2D eigenvalue weighted by molar-refractivity contribution is -0.130. The molecule has 1 aliphatic heterocycles. The minimum Gasteiger partial charge on any atom is -0.349 e. The summed E-state index contributed by atoms with van der Waals surface area (Å²) in [5.74, 6) is 0.275. The first-order valence-corrected chi connectivity index (χ1v) is 8.54.